The standard InChI is InChI=1S/C12H16FNO/c13-11-4-1-3-10(7-11)8-15-9-12-5-2-6-14-12/h1,3-4,7,12,14H,2,5-6,8-9H2/t12-/m0/s1. The third kappa shape index (κ3) is 3.29. The van der Waals surface area contributed by atoms with Crippen molar-refractivity contribution in [2.75, 3.05) is 13.2 Å². The first-order chi connectivity index (χ1) is 7.34. The molecule has 0 aromatic heterocycles. The third-order valence-electron chi connectivity index (χ3n) is 2.64. The van der Waals surface area contributed by atoms with Crippen molar-refractivity contribution >= 4 is 0 Å². The Morgan fingerprint density at radius 2 is 2.40 bits per heavy atom. The van der Waals surface area contributed by atoms with Gasteiger partial charge in [0.2, 0.25) is 0 Å². The van der Waals surface area contributed by atoms with Crippen molar-refractivity contribution < 1.29 is 9.13 Å². The van der Waals surface area contributed by atoms with E-state index in [1.54, 1.807) is 6.07 Å². The van der Waals surface area contributed by atoms with Crippen molar-refractivity contribution in [2.24, 2.45) is 0 Å². The molecule has 1 fully saturated rings. The number of hydrogen-bond donors (Lipinski definition) is 1. The van der Waals surface area contributed by atoms with E-state index in [1.165, 1.54) is 25.0 Å². The zero-order chi connectivity index (χ0) is 10.5. The lowest BCUT2D eigenvalue weighted by Gasteiger charge is -2.10. The molecule has 82 valence electrons. The fraction of sp³-hybridized carbons (Fsp3) is 0.500. The van der Waals surface area contributed by atoms with Crippen LogP contribution in [0, 0.1) is 5.82 Å². The Morgan fingerprint density at radius 3 is 3.13 bits per heavy atom. The van der Waals surface area contributed by atoms with Gasteiger partial charge in [-0.2, -0.15) is 0 Å². The van der Waals surface area contributed by atoms with Crippen LogP contribution in [-0.2, 0) is 11.3 Å². The average molecular weight is 209 g/mol. The molecule has 2 nitrogen and oxygen atoms in total. The summed E-state index contributed by atoms with van der Waals surface area (Å²) in [6.07, 6.45) is 2.41. The Morgan fingerprint density at radius 1 is 1.47 bits per heavy atom. The zero-order valence-corrected chi connectivity index (χ0v) is 8.71. The van der Waals surface area contributed by atoms with E-state index < -0.39 is 0 Å². The van der Waals surface area contributed by atoms with Gasteiger partial charge in [-0.15, -0.1) is 0 Å². The zero-order valence-electron chi connectivity index (χ0n) is 8.71. The Hall–Kier alpha value is -0.930. The van der Waals surface area contributed by atoms with Gasteiger partial charge in [0.1, 0.15) is 5.82 Å². The molecule has 0 spiro atoms. The highest BCUT2D eigenvalue weighted by Gasteiger charge is 2.13. The predicted molar refractivity (Wildman–Crippen MR) is 57.1 cm³/mol. The molecule has 1 aromatic rings. The summed E-state index contributed by atoms with van der Waals surface area (Å²) >= 11 is 0. The molecule has 0 unspecified atom stereocenters. The van der Waals surface area contributed by atoms with E-state index in [9.17, 15) is 4.39 Å². The highest BCUT2D eigenvalue weighted by molar-refractivity contribution is 5.15. The highest BCUT2D eigenvalue weighted by atomic mass is 19.1. The van der Waals surface area contributed by atoms with Crippen LogP contribution in [0.15, 0.2) is 24.3 Å². The number of ether oxygens (including phenoxy) is 1. The fourth-order valence-corrected chi connectivity index (χ4v) is 1.84. The molecule has 1 aromatic carbocycles. The maximum Gasteiger partial charge on any atom is 0.123 e. The molecule has 1 aliphatic rings. The van der Waals surface area contributed by atoms with E-state index in [0.29, 0.717) is 12.6 Å². The van der Waals surface area contributed by atoms with Crippen molar-refractivity contribution in [3.05, 3.63) is 35.6 Å². The van der Waals surface area contributed by atoms with Gasteiger partial charge < -0.3 is 10.1 Å². The van der Waals surface area contributed by atoms with Crippen molar-refractivity contribution in [1.82, 2.24) is 5.32 Å². The van der Waals surface area contributed by atoms with Crippen LogP contribution in [0.4, 0.5) is 4.39 Å². The van der Waals surface area contributed by atoms with E-state index in [-0.39, 0.29) is 5.82 Å². The van der Waals surface area contributed by atoms with Crippen molar-refractivity contribution in [3.63, 3.8) is 0 Å². The molecule has 0 aliphatic carbocycles. The number of nitrogens with one attached hydrogen (secondary N) is 1. The molecule has 15 heavy (non-hydrogen) atoms. The topological polar surface area (TPSA) is 21.3 Å². The molecule has 0 radical (unpaired) electrons. The second-order valence-electron chi connectivity index (χ2n) is 3.94. The SMILES string of the molecule is Fc1cccc(COC[C@@H]2CCCN2)c1. The van der Waals surface area contributed by atoms with E-state index in [2.05, 4.69) is 5.32 Å². The second-order valence-corrected chi connectivity index (χ2v) is 3.94. The Bertz CT molecular complexity index is 310. The van der Waals surface area contributed by atoms with Gasteiger partial charge in [0, 0.05) is 6.04 Å². The minimum Gasteiger partial charge on any atom is -0.375 e. The smallest absolute Gasteiger partial charge is 0.123 e. The first kappa shape index (κ1) is 10.6. The van der Waals surface area contributed by atoms with E-state index in [4.69, 9.17) is 4.74 Å². The summed E-state index contributed by atoms with van der Waals surface area (Å²) in [6.45, 7) is 2.31. The maximum absolute atomic E-state index is 12.8. The van der Waals surface area contributed by atoms with Crippen LogP contribution in [0.25, 0.3) is 0 Å². The molecule has 0 amide bonds. The monoisotopic (exact) mass is 209 g/mol. The Balaban J connectivity index is 1.73. The lowest BCUT2D eigenvalue weighted by atomic mass is 10.2. The average Bonchev–Trinajstić information content (AvgIpc) is 2.71. The number of rotatable bonds is 4. The first-order valence-electron chi connectivity index (χ1n) is 5.40. The van der Waals surface area contributed by atoms with Crippen LogP contribution in [0.1, 0.15) is 18.4 Å². The third-order valence-corrected chi connectivity index (χ3v) is 2.64. The highest BCUT2D eigenvalue weighted by Crippen LogP contribution is 2.08. The van der Waals surface area contributed by atoms with Crippen LogP contribution < -0.4 is 5.32 Å². The van der Waals surface area contributed by atoms with Gasteiger partial charge in [-0.1, -0.05) is 12.1 Å². The number of benzene rings is 1. The van der Waals surface area contributed by atoms with Gasteiger partial charge in [-0.25, -0.2) is 4.39 Å². The fourth-order valence-electron chi connectivity index (χ4n) is 1.84. The molecule has 2 rings (SSSR count). The lowest BCUT2D eigenvalue weighted by molar-refractivity contribution is 0.103. The van der Waals surface area contributed by atoms with E-state index >= 15 is 0 Å². The van der Waals surface area contributed by atoms with Gasteiger partial charge >= 0.3 is 0 Å². The van der Waals surface area contributed by atoms with Crippen LogP contribution >= 0.6 is 0 Å². The molecular formula is C12H16FNO. The molecule has 0 bridgehead atoms. The summed E-state index contributed by atoms with van der Waals surface area (Å²) in [7, 11) is 0. The summed E-state index contributed by atoms with van der Waals surface area (Å²) in [5.41, 5.74) is 0.896. The van der Waals surface area contributed by atoms with Crippen LogP contribution in [0.5, 0.6) is 0 Å². The van der Waals surface area contributed by atoms with Gasteiger partial charge in [0.15, 0.2) is 0 Å². The predicted octanol–water partition coefficient (Wildman–Crippen LogP) is 2.09. The molecule has 0 saturated carbocycles. The van der Waals surface area contributed by atoms with Gasteiger partial charge in [-0.3, -0.25) is 0 Å². The van der Waals surface area contributed by atoms with Crippen LogP contribution in [0.3, 0.4) is 0 Å². The Labute approximate surface area is 89.4 Å². The summed E-state index contributed by atoms with van der Waals surface area (Å²) in [6, 6.07) is 7.04. The first-order valence-corrected chi connectivity index (χ1v) is 5.40. The molecule has 1 atom stereocenters. The molecule has 1 saturated heterocycles. The van der Waals surface area contributed by atoms with E-state index in [1.807, 2.05) is 6.07 Å². The van der Waals surface area contributed by atoms with Crippen molar-refractivity contribution in [3.8, 4) is 0 Å². The number of hydrogen-bond acceptors (Lipinski definition) is 2. The van der Waals surface area contributed by atoms with Crippen molar-refractivity contribution in [1.29, 1.82) is 0 Å². The molecule has 1 heterocycles. The maximum atomic E-state index is 12.8. The molecule has 1 aliphatic heterocycles. The Kier molecular flexibility index (Phi) is 3.69. The van der Waals surface area contributed by atoms with Gasteiger partial charge in [-0.05, 0) is 37.1 Å². The van der Waals surface area contributed by atoms with Crippen LogP contribution in [0.2, 0.25) is 0 Å². The van der Waals surface area contributed by atoms with Gasteiger partial charge in [0.05, 0.1) is 13.2 Å². The van der Waals surface area contributed by atoms with E-state index in [0.717, 1.165) is 18.7 Å². The summed E-state index contributed by atoms with van der Waals surface area (Å²) < 4.78 is 18.4. The minimum absolute atomic E-state index is 0.199. The van der Waals surface area contributed by atoms with Crippen molar-refractivity contribution in [2.45, 2.75) is 25.5 Å². The number of halogens is 1. The second kappa shape index (κ2) is 5.24. The molecule has 3 heteroatoms. The quantitative estimate of drug-likeness (QED) is 0.820. The van der Waals surface area contributed by atoms with Gasteiger partial charge in [0.25, 0.3) is 0 Å². The normalized spacial score (nSPS) is 20.7. The summed E-state index contributed by atoms with van der Waals surface area (Å²) in [5.74, 6) is -0.199. The lowest BCUT2D eigenvalue weighted by Crippen LogP contribution is -2.26. The molecule has 1 N–H and O–H groups in total. The summed E-state index contributed by atoms with van der Waals surface area (Å²) in [4.78, 5) is 0. The van der Waals surface area contributed by atoms with Crippen LogP contribution in [-0.4, -0.2) is 19.2 Å². The summed E-state index contributed by atoms with van der Waals surface area (Å²) in [5, 5.41) is 3.36. The largest absolute Gasteiger partial charge is 0.375 e. The minimum atomic E-state index is -0.199. The molecular weight excluding hydrogens is 193 g/mol.